The van der Waals surface area contributed by atoms with Gasteiger partial charge in [-0.3, -0.25) is 5.10 Å². The first-order chi connectivity index (χ1) is 9.31. The summed E-state index contributed by atoms with van der Waals surface area (Å²) < 4.78 is 5.61. The van der Waals surface area contributed by atoms with Crippen LogP contribution in [0.3, 0.4) is 0 Å². The molecule has 19 heavy (non-hydrogen) atoms. The van der Waals surface area contributed by atoms with Gasteiger partial charge in [0.25, 0.3) is 0 Å². The number of nitrogen functional groups attached to an aromatic ring is 1. The lowest BCUT2D eigenvalue weighted by Gasteiger charge is -2.04. The maximum absolute atomic E-state index is 5.61. The maximum atomic E-state index is 5.61. The van der Waals surface area contributed by atoms with Crippen LogP contribution in [0.25, 0.3) is 11.3 Å². The normalized spacial score (nSPS) is 10.3. The molecule has 0 unspecified atom stereocenters. The lowest BCUT2D eigenvalue weighted by Crippen LogP contribution is -1.86. The topological polar surface area (TPSA) is 76.8 Å². The van der Waals surface area contributed by atoms with Gasteiger partial charge in [-0.15, -0.1) is 0 Å². The monoisotopic (exact) mass is 252 g/mol. The number of aromatic nitrogens is 3. The number of hydrogen-bond acceptors (Lipinski definition) is 4. The molecule has 2 heterocycles. The highest BCUT2D eigenvalue weighted by atomic mass is 16.5. The molecule has 0 radical (unpaired) electrons. The summed E-state index contributed by atoms with van der Waals surface area (Å²) in [4.78, 5) is 4.10. The summed E-state index contributed by atoms with van der Waals surface area (Å²) in [7, 11) is 0. The molecule has 5 heteroatoms. The number of rotatable bonds is 3. The van der Waals surface area contributed by atoms with Crippen LogP contribution in [0, 0.1) is 0 Å². The molecule has 0 saturated heterocycles. The Morgan fingerprint density at radius 1 is 1.05 bits per heavy atom. The van der Waals surface area contributed by atoms with Crippen LogP contribution in [0.4, 0.5) is 5.82 Å². The number of anilines is 1. The number of aromatic amines is 1. The zero-order valence-corrected chi connectivity index (χ0v) is 10.1. The highest BCUT2D eigenvalue weighted by Gasteiger charge is 2.02. The largest absolute Gasteiger partial charge is 0.439 e. The third-order valence-corrected chi connectivity index (χ3v) is 2.62. The Hall–Kier alpha value is -2.82. The number of nitrogens with zero attached hydrogens (tertiary/aromatic N) is 2. The fraction of sp³-hybridized carbons (Fsp3) is 0. The van der Waals surface area contributed by atoms with Crippen molar-refractivity contribution in [3.05, 3.63) is 54.7 Å². The molecule has 94 valence electrons. The molecule has 3 rings (SSSR count). The van der Waals surface area contributed by atoms with Crippen molar-refractivity contribution in [2.75, 3.05) is 5.73 Å². The van der Waals surface area contributed by atoms with Crippen LogP contribution in [-0.4, -0.2) is 15.2 Å². The van der Waals surface area contributed by atoms with Gasteiger partial charge < -0.3 is 10.5 Å². The van der Waals surface area contributed by atoms with Gasteiger partial charge in [-0.05, 0) is 35.9 Å². The Morgan fingerprint density at radius 2 is 1.89 bits per heavy atom. The van der Waals surface area contributed by atoms with Gasteiger partial charge in [0.05, 0.1) is 5.69 Å². The molecule has 0 aliphatic carbocycles. The van der Waals surface area contributed by atoms with Crippen LogP contribution in [0.5, 0.6) is 11.6 Å². The summed E-state index contributed by atoms with van der Waals surface area (Å²) in [5, 5.41) is 6.76. The van der Waals surface area contributed by atoms with Crippen molar-refractivity contribution in [2.24, 2.45) is 0 Å². The molecule has 3 N–H and O–H groups in total. The SMILES string of the molecule is Nc1cc(-c2ccc(Oc3ccccn3)cc2)[nH]n1. The maximum Gasteiger partial charge on any atom is 0.219 e. The van der Waals surface area contributed by atoms with Gasteiger partial charge in [-0.2, -0.15) is 5.10 Å². The number of nitrogens with one attached hydrogen (secondary N) is 1. The van der Waals surface area contributed by atoms with Crippen LogP contribution >= 0.6 is 0 Å². The Balaban J connectivity index is 1.79. The highest BCUT2D eigenvalue weighted by Crippen LogP contribution is 2.24. The average molecular weight is 252 g/mol. The molecule has 0 aliphatic rings. The Kier molecular flexibility index (Phi) is 2.86. The van der Waals surface area contributed by atoms with Crippen molar-refractivity contribution in [3.63, 3.8) is 0 Å². The molecular formula is C14H12N4O. The van der Waals surface area contributed by atoms with Gasteiger partial charge in [0.15, 0.2) is 0 Å². The summed E-state index contributed by atoms with van der Waals surface area (Å²) >= 11 is 0. The van der Waals surface area contributed by atoms with Crippen molar-refractivity contribution < 1.29 is 4.74 Å². The Morgan fingerprint density at radius 3 is 2.53 bits per heavy atom. The fourth-order valence-electron chi connectivity index (χ4n) is 1.72. The summed E-state index contributed by atoms with van der Waals surface area (Å²) in [6, 6.07) is 14.9. The quantitative estimate of drug-likeness (QED) is 0.751. The minimum atomic E-state index is 0.476. The second-order valence-electron chi connectivity index (χ2n) is 4.00. The molecule has 0 aliphatic heterocycles. The zero-order chi connectivity index (χ0) is 13.1. The van der Waals surface area contributed by atoms with Gasteiger partial charge in [-0.25, -0.2) is 4.98 Å². The second-order valence-corrected chi connectivity index (χ2v) is 4.00. The first-order valence-corrected chi connectivity index (χ1v) is 5.81. The minimum absolute atomic E-state index is 0.476. The molecule has 0 fully saturated rings. The predicted molar refractivity (Wildman–Crippen MR) is 72.7 cm³/mol. The van der Waals surface area contributed by atoms with Gasteiger partial charge in [0.2, 0.25) is 5.88 Å². The summed E-state index contributed by atoms with van der Waals surface area (Å²) in [6.07, 6.45) is 1.69. The van der Waals surface area contributed by atoms with Crippen LogP contribution in [-0.2, 0) is 0 Å². The number of ether oxygens (including phenoxy) is 1. The van der Waals surface area contributed by atoms with Gasteiger partial charge in [0.1, 0.15) is 11.6 Å². The van der Waals surface area contributed by atoms with Gasteiger partial charge >= 0.3 is 0 Å². The molecular weight excluding hydrogens is 240 g/mol. The molecule has 0 atom stereocenters. The molecule has 3 aromatic rings. The van der Waals surface area contributed by atoms with Gasteiger partial charge in [-0.1, -0.05) is 6.07 Å². The van der Waals surface area contributed by atoms with Crippen LogP contribution in [0.1, 0.15) is 0 Å². The number of pyridine rings is 1. The standard InChI is InChI=1S/C14H12N4O/c15-13-9-12(17-18-13)10-4-6-11(7-5-10)19-14-3-1-2-8-16-14/h1-9H,(H3,15,17,18). The van der Waals surface area contributed by atoms with E-state index in [1.807, 2.05) is 42.5 Å². The number of nitrogens with two attached hydrogens (primary N) is 1. The van der Waals surface area contributed by atoms with Crippen LogP contribution in [0.2, 0.25) is 0 Å². The van der Waals surface area contributed by atoms with Crippen LogP contribution < -0.4 is 10.5 Å². The van der Waals surface area contributed by atoms with E-state index in [1.54, 1.807) is 12.3 Å². The smallest absolute Gasteiger partial charge is 0.219 e. The van der Waals surface area contributed by atoms with E-state index < -0.39 is 0 Å². The van der Waals surface area contributed by atoms with E-state index >= 15 is 0 Å². The lowest BCUT2D eigenvalue weighted by atomic mass is 10.1. The predicted octanol–water partition coefficient (Wildman–Crippen LogP) is 2.85. The Bertz CT molecular complexity index is 661. The van der Waals surface area contributed by atoms with Crippen molar-refractivity contribution in [3.8, 4) is 22.9 Å². The third kappa shape index (κ3) is 2.55. The van der Waals surface area contributed by atoms with E-state index in [0.29, 0.717) is 11.7 Å². The number of H-pyrrole nitrogens is 1. The summed E-state index contributed by atoms with van der Waals surface area (Å²) in [5.74, 6) is 1.78. The lowest BCUT2D eigenvalue weighted by molar-refractivity contribution is 0.463. The third-order valence-electron chi connectivity index (χ3n) is 2.62. The highest BCUT2D eigenvalue weighted by molar-refractivity contribution is 5.62. The molecule has 0 amide bonds. The molecule has 1 aromatic carbocycles. The van der Waals surface area contributed by atoms with E-state index in [2.05, 4.69) is 15.2 Å². The van der Waals surface area contributed by atoms with Crippen molar-refractivity contribution in [2.45, 2.75) is 0 Å². The van der Waals surface area contributed by atoms with Crippen molar-refractivity contribution in [1.29, 1.82) is 0 Å². The second kappa shape index (κ2) is 4.81. The van der Waals surface area contributed by atoms with E-state index in [1.165, 1.54) is 0 Å². The first-order valence-electron chi connectivity index (χ1n) is 5.81. The molecule has 0 bridgehead atoms. The summed E-state index contributed by atoms with van der Waals surface area (Å²) in [6.45, 7) is 0. The molecule has 5 nitrogen and oxygen atoms in total. The zero-order valence-electron chi connectivity index (χ0n) is 10.1. The van der Waals surface area contributed by atoms with Crippen LogP contribution in [0.15, 0.2) is 54.7 Å². The van der Waals surface area contributed by atoms with E-state index in [-0.39, 0.29) is 0 Å². The average Bonchev–Trinajstić information content (AvgIpc) is 2.87. The molecule has 0 spiro atoms. The Labute approximate surface area is 110 Å². The van der Waals surface area contributed by atoms with Crippen molar-refractivity contribution in [1.82, 2.24) is 15.2 Å². The fourth-order valence-corrected chi connectivity index (χ4v) is 1.72. The number of benzene rings is 1. The molecule has 0 saturated carbocycles. The first kappa shape index (κ1) is 11.3. The van der Waals surface area contributed by atoms with Crippen molar-refractivity contribution >= 4 is 5.82 Å². The van der Waals surface area contributed by atoms with Gasteiger partial charge in [0, 0.05) is 18.3 Å². The minimum Gasteiger partial charge on any atom is -0.439 e. The number of hydrogen-bond donors (Lipinski definition) is 2. The molecule has 2 aromatic heterocycles. The van der Waals surface area contributed by atoms with E-state index in [0.717, 1.165) is 17.0 Å². The van der Waals surface area contributed by atoms with E-state index in [4.69, 9.17) is 10.5 Å². The van der Waals surface area contributed by atoms with E-state index in [9.17, 15) is 0 Å². The summed E-state index contributed by atoms with van der Waals surface area (Å²) in [5.41, 5.74) is 7.45.